The lowest BCUT2D eigenvalue weighted by Crippen LogP contribution is -2.12. The van der Waals surface area contributed by atoms with Crippen LogP contribution in [0.2, 0.25) is 0 Å². The molecule has 2 rings (SSSR count). The highest BCUT2D eigenvalue weighted by atomic mass is 32.1. The van der Waals surface area contributed by atoms with Gasteiger partial charge < -0.3 is 14.8 Å². The zero-order valence-corrected chi connectivity index (χ0v) is 12.6. The fourth-order valence-electron chi connectivity index (χ4n) is 1.67. The average Bonchev–Trinajstić information content (AvgIpc) is 2.98. The molecule has 0 spiro atoms. The second kappa shape index (κ2) is 8.21. The molecule has 1 N–H and O–H groups in total. The first kappa shape index (κ1) is 15.2. The standard InChI is InChI=1S/C14H17N3O3S/c1-2-19-11-6-3-4-7-12(11)20-9-5-8-13(18)16-14-17-15-10-21-14/h3-4,6-7,10H,2,5,8-9H2,1H3,(H,16,17,18). The number of benzene rings is 1. The van der Waals surface area contributed by atoms with E-state index in [-0.39, 0.29) is 5.91 Å². The summed E-state index contributed by atoms with van der Waals surface area (Å²) in [6.07, 6.45) is 0.988. The van der Waals surface area contributed by atoms with Crippen molar-refractivity contribution in [1.82, 2.24) is 10.2 Å². The molecule has 0 aliphatic rings. The van der Waals surface area contributed by atoms with Crippen molar-refractivity contribution >= 4 is 22.4 Å². The van der Waals surface area contributed by atoms with Crippen molar-refractivity contribution in [2.24, 2.45) is 0 Å². The Bertz CT molecular complexity index is 560. The number of rotatable bonds is 8. The van der Waals surface area contributed by atoms with Crippen LogP contribution in [-0.2, 0) is 4.79 Å². The van der Waals surface area contributed by atoms with E-state index in [0.717, 1.165) is 5.75 Å². The zero-order valence-electron chi connectivity index (χ0n) is 11.7. The molecule has 112 valence electrons. The summed E-state index contributed by atoms with van der Waals surface area (Å²) in [6.45, 7) is 2.97. The largest absolute Gasteiger partial charge is 0.490 e. The third kappa shape index (κ3) is 5.03. The van der Waals surface area contributed by atoms with Crippen molar-refractivity contribution in [1.29, 1.82) is 0 Å². The number of aromatic nitrogens is 2. The summed E-state index contributed by atoms with van der Waals surface area (Å²) in [5, 5.41) is 10.6. The Morgan fingerprint density at radius 3 is 2.71 bits per heavy atom. The topological polar surface area (TPSA) is 73.3 Å². The molecule has 21 heavy (non-hydrogen) atoms. The molecule has 6 nitrogen and oxygen atoms in total. The predicted molar refractivity (Wildman–Crippen MR) is 80.9 cm³/mol. The molecule has 7 heteroatoms. The second-order valence-electron chi connectivity index (χ2n) is 4.12. The molecule has 0 aliphatic heterocycles. The fourth-order valence-corrected chi connectivity index (χ4v) is 2.13. The smallest absolute Gasteiger partial charge is 0.226 e. The molecule has 1 amide bonds. The van der Waals surface area contributed by atoms with Crippen LogP contribution in [-0.4, -0.2) is 29.3 Å². The lowest BCUT2D eigenvalue weighted by atomic mass is 10.3. The third-order valence-corrected chi connectivity index (χ3v) is 3.17. The highest BCUT2D eigenvalue weighted by Crippen LogP contribution is 2.26. The monoisotopic (exact) mass is 307 g/mol. The Kier molecular flexibility index (Phi) is 5.96. The summed E-state index contributed by atoms with van der Waals surface area (Å²) in [7, 11) is 0. The number of hydrogen-bond acceptors (Lipinski definition) is 6. The van der Waals surface area contributed by atoms with E-state index in [0.29, 0.717) is 36.9 Å². The summed E-state index contributed by atoms with van der Waals surface area (Å²) in [4.78, 5) is 11.6. The first-order valence-corrected chi connectivity index (χ1v) is 7.58. The minimum atomic E-state index is -0.0894. The van der Waals surface area contributed by atoms with E-state index in [2.05, 4.69) is 15.5 Å². The molecular weight excluding hydrogens is 290 g/mol. The Morgan fingerprint density at radius 1 is 1.29 bits per heavy atom. The van der Waals surface area contributed by atoms with Gasteiger partial charge in [0.05, 0.1) is 13.2 Å². The molecule has 0 atom stereocenters. The lowest BCUT2D eigenvalue weighted by Gasteiger charge is -2.11. The van der Waals surface area contributed by atoms with Crippen LogP contribution >= 0.6 is 11.3 Å². The van der Waals surface area contributed by atoms with Crippen molar-refractivity contribution < 1.29 is 14.3 Å². The van der Waals surface area contributed by atoms with Gasteiger partial charge in [-0.15, -0.1) is 10.2 Å². The van der Waals surface area contributed by atoms with E-state index in [9.17, 15) is 4.79 Å². The van der Waals surface area contributed by atoms with Crippen LogP contribution in [0, 0.1) is 0 Å². The molecule has 1 aromatic heterocycles. The molecular formula is C14H17N3O3S. The number of ether oxygens (including phenoxy) is 2. The minimum absolute atomic E-state index is 0.0894. The van der Waals surface area contributed by atoms with E-state index in [1.165, 1.54) is 11.3 Å². The summed E-state index contributed by atoms with van der Waals surface area (Å²) in [5.74, 6) is 1.33. The van der Waals surface area contributed by atoms with Gasteiger partial charge in [-0.3, -0.25) is 4.79 Å². The number of anilines is 1. The van der Waals surface area contributed by atoms with E-state index in [4.69, 9.17) is 9.47 Å². The maximum atomic E-state index is 11.6. The number of amides is 1. The Balaban J connectivity index is 1.71. The summed E-state index contributed by atoms with van der Waals surface area (Å²) in [6, 6.07) is 7.50. The van der Waals surface area contributed by atoms with Gasteiger partial charge in [-0.1, -0.05) is 23.5 Å². The quantitative estimate of drug-likeness (QED) is 0.759. The van der Waals surface area contributed by atoms with Crippen molar-refractivity contribution in [2.45, 2.75) is 19.8 Å². The number of para-hydroxylation sites is 2. The second-order valence-corrected chi connectivity index (χ2v) is 4.96. The van der Waals surface area contributed by atoms with Crippen molar-refractivity contribution in [2.75, 3.05) is 18.5 Å². The van der Waals surface area contributed by atoms with Gasteiger partial charge in [0.1, 0.15) is 5.51 Å². The summed E-state index contributed by atoms with van der Waals surface area (Å²) in [5.41, 5.74) is 1.57. The van der Waals surface area contributed by atoms with Gasteiger partial charge in [0.15, 0.2) is 11.5 Å². The molecule has 0 saturated carbocycles. The van der Waals surface area contributed by atoms with Gasteiger partial charge in [-0.2, -0.15) is 0 Å². The van der Waals surface area contributed by atoms with Crippen molar-refractivity contribution in [3.63, 3.8) is 0 Å². The number of hydrogen-bond donors (Lipinski definition) is 1. The van der Waals surface area contributed by atoms with Crippen LogP contribution < -0.4 is 14.8 Å². The number of nitrogens with one attached hydrogen (secondary N) is 1. The zero-order chi connectivity index (χ0) is 14.9. The van der Waals surface area contributed by atoms with E-state index in [1.807, 2.05) is 31.2 Å². The first-order chi connectivity index (χ1) is 10.3. The molecule has 0 aliphatic carbocycles. The summed E-state index contributed by atoms with van der Waals surface area (Å²) < 4.78 is 11.1. The molecule has 1 aromatic carbocycles. The summed E-state index contributed by atoms with van der Waals surface area (Å²) >= 11 is 1.29. The van der Waals surface area contributed by atoms with Crippen LogP contribution in [0.4, 0.5) is 5.13 Å². The average molecular weight is 307 g/mol. The van der Waals surface area contributed by atoms with Crippen molar-refractivity contribution in [3.8, 4) is 11.5 Å². The maximum Gasteiger partial charge on any atom is 0.226 e. The third-order valence-electron chi connectivity index (χ3n) is 2.56. The fraction of sp³-hybridized carbons (Fsp3) is 0.357. The highest BCUT2D eigenvalue weighted by molar-refractivity contribution is 7.13. The van der Waals surface area contributed by atoms with Crippen LogP contribution in [0.5, 0.6) is 11.5 Å². The SMILES string of the molecule is CCOc1ccccc1OCCCC(=O)Nc1nncs1. The Labute approximate surface area is 127 Å². The molecule has 0 radical (unpaired) electrons. The Morgan fingerprint density at radius 2 is 2.05 bits per heavy atom. The molecule has 0 fully saturated rings. The Hall–Kier alpha value is -2.15. The van der Waals surface area contributed by atoms with Gasteiger partial charge in [-0.05, 0) is 25.5 Å². The molecule has 2 aromatic rings. The van der Waals surface area contributed by atoms with Gasteiger partial charge >= 0.3 is 0 Å². The van der Waals surface area contributed by atoms with Crippen LogP contribution in [0.3, 0.4) is 0 Å². The highest BCUT2D eigenvalue weighted by Gasteiger charge is 2.06. The minimum Gasteiger partial charge on any atom is -0.490 e. The van der Waals surface area contributed by atoms with Crippen molar-refractivity contribution in [3.05, 3.63) is 29.8 Å². The van der Waals surface area contributed by atoms with Gasteiger partial charge in [0, 0.05) is 6.42 Å². The maximum absolute atomic E-state index is 11.6. The normalized spacial score (nSPS) is 10.1. The predicted octanol–water partition coefficient (Wildman–Crippen LogP) is 2.73. The molecule has 1 heterocycles. The van der Waals surface area contributed by atoms with E-state index >= 15 is 0 Å². The van der Waals surface area contributed by atoms with Crippen LogP contribution in [0.1, 0.15) is 19.8 Å². The van der Waals surface area contributed by atoms with Crippen LogP contribution in [0.15, 0.2) is 29.8 Å². The number of carbonyl (C=O) groups excluding carboxylic acids is 1. The van der Waals surface area contributed by atoms with E-state index < -0.39 is 0 Å². The molecule has 0 saturated heterocycles. The van der Waals surface area contributed by atoms with Gasteiger partial charge in [-0.25, -0.2) is 0 Å². The molecule has 0 bridgehead atoms. The molecule has 0 unspecified atom stereocenters. The van der Waals surface area contributed by atoms with Gasteiger partial charge in [0.25, 0.3) is 0 Å². The van der Waals surface area contributed by atoms with E-state index in [1.54, 1.807) is 5.51 Å². The lowest BCUT2D eigenvalue weighted by molar-refractivity contribution is -0.116. The number of carbonyl (C=O) groups is 1. The first-order valence-electron chi connectivity index (χ1n) is 6.70. The van der Waals surface area contributed by atoms with Crippen LogP contribution in [0.25, 0.3) is 0 Å². The number of nitrogens with zero attached hydrogens (tertiary/aromatic N) is 2. The van der Waals surface area contributed by atoms with Gasteiger partial charge in [0.2, 0.25) is 11.0 Å².